The molecule has 2 aromatic carbocycles. The molecule has 0 unspecified atom stereocenters. The summed E-state index contributed by atoms with van der Waals surface area (Å²) in [5.74, 6) is -0.842. The standard InChI is InChI=1S/C13H9I2O2/c14-9-5-7-10(8-6-9)15-12-4-2-1-3-11(12)13(16)17/h1-8H,(H,16,17)/q-1. The Labute approximate surface area is 123 Å². The minimum absolute atomic E-state index is 0.424. The zero-order valence-electron chi connectivity index (χ0n) is 8.73. The first-order chi connectivity index (χ1) is 8.16. The molecule has 0 saturated heterocycles. The summed E-state index contributed by atoms with van der Waals surface area (Å²) in [5, 5.41) is 9.10. The van der Waals surface area contributed by atoms with Crippen LogP contribution in [0.3, 0.4) is 0 Å². The first-order valence-corrected chi connectivity index (χ1v) is 8.13. The maximum absolute atomic E-state index is 11.1. The van der Waals surface area contributed by atoms with Gasteiger partial charge in [0.2, 0.25) is 0 Å². The Kier molecular flexibility index (Phi) is 4.38. The molecule has 0 aliphatic heterocycles. The molecule has 0 aliphatic rings. The summed E-state index contributed by atoms with van der Waals surface area (Å²) in [7, 11) is 0. The Balaban J connectivity index is 2.30. The number of aromatic carboxylic acids is 1. The van der Waals surface area contributed by atoms with Crippen LogP contribution < -0.4 is 21.2 Å². The predicted molar refractivity (Wildman–Crippen MR) is 70.0 cm³/mol. The molecule has 0 radical (unpaired) electrons. The van der Waals surface area contributed by atoms with Crippen LogP contribution in [0, 0.1) is 10.7 Å². The van der Waals surface area contributed by atoms with Crippen molar-refractivity contribution in [2.75, 3.05) is 0 Å². The van der Waals surface area contributed by atoms with Crippen molar-refractivity contribution < 1.29 is 31.1 Å². The van der Waals surface area contributed by atoms with Crippen LogP contribution in [-0.2, 0) is 0 Å². The Morgan fingerprint density at radius 1 is 1.06 bits per heavy atom. The van der Waals surface area contributed by atoms with Gasteiger partial charge in [-0.15, -0.1) is 0 Å². The molecule has 0 fully saturated rings. The van der Waals surface area contributed by atoms with E-state index in [0.717, 1.165) is 3.57 Å². The van der Waals surface area contributed by atoms with E-state index in [9.17, 15) is 4.79 Å². The van der Waals surface area contributed by atoms with Gasteiger partial charge >= 0.3 is 124 Å². The first kappa shape index (κ1) is 12.8. The Hall–Kier alpha value is -0.630. The molecule has 0 heterocycles. The van der Waals surface area contributed by atoms with Gasteiger partial charge in [0.1, 0.15) is 0 Å². The average molecular weight is 451 g/mol. The van der Waals surface area contributed by atoms with Gasteiger partial charge in [-0.1, -0.05) is 0 Å². The number of hydrogen-bond donors (Lipinski definition) is 1. The molecule has 17 heavy (non-hydrogen) atoms. The topological polar surface area (TPSA) is 37.3 Å². The van der Waals surface area contributed by atoms with Gasteiger partial charge in [0, 0.05) is 0 Å². The van der Waals surface area contributed by atoms with Gasteiger partial charge < -0.3 is 0 Å². The molecule has 0 bridgehead atoms. The Morgan fingerprint density at radius 2 is 1.71 bits per heavy atom. The van der Waals surface area contributed by atoms with E-state index in [-0.39, 0.29) is 0 Å². The van der Waals surface area contributed by atoms with E-state index in [4.69, 9.17) is 5.11 Å². The van der Waals surface area contributed by atoms with Crippen molar-refractivity contribution >= 4 is 28.6 Å². The second-order valence-electron chi connectivity index (χ2n) is 3.32. The molecular weight excluding hydrogens is 442 g/mol. The molecule has 0 saturated carbocycles. The number of rotatable bonds is 3. The van der Waals surface area contributed by atoms with Crippen molar-refractivity contribution in [3.63, 3.8) is 0 Å². The Morgan fingerprint density at radius 3 is 2.35 bits per heavy atom. The quantitative estimate of drug-likeness (QED) is 0.674. The van der Waals surface area contributed by atoms with E-state index >= 15 is 0 Å². The Bertz CT molecular complexity index is 535. The summed E-state index contributed by atoms with van der Waals surface area (Å²) in [5.41, 5.74) is 0.429. The average Bonchev–Trinajstić information content (AvgIpc) is 2.32. The second-order valence-corrected chi connectivity index (χ2v) is 7.51. The number of carboxylic acid groups (broad SMARTS) is 1. The van der Waals surface area contributed by atoms with Crippen LogP contribution in [0.1, 0.15) is 10.4 Å². The maximum atomic E-state index is 11.1. The fraction of sp³-hybridized carbons (Fsp3) is 0. The first-order valence-electron chi connectivity index (χ1n) is 4.89. The molecule has 0 atom stereocenters. The molecule has 1 N–H and O–H groups in total. The minimum atomic E-state index is -0.842. The van der Waals surface area contributed by atoms with Crippen LogP contribution in [0.15, 0.2) is 48.5 Å². The number of halogens is 2. The molecule has 2 aromatic rings. The number of carbonyl (C=O) groups is 1. The van der Waals surface area contributed by atoms with Crippen molar-refractivity contribution in [3.05, 3.63) is 64.8 Å². The molecule has 4 heteroatoms. The van der Waals surface area contributed by atoms with E-state index in [0.29, 0.717) is 5.56 Å². The molecule has 88 valence electrons. The molecule has 2 nitrogen and oxygen atoms in total. The zero-order chi connectivity index (χ0) is 12.3. The summed E-state index contributed by atoms with van der Waals surface area (Å²) >= 11 is 1.84. The van der Waals surface area contributed by atoms with Crippen LogP contribution in [0.4, 0.5) is 0 Å². The molecule has 0 aromatic heterocycles. The van der Waals surface area contributed by atoms with E-state index in [1.165, 1.54) is 7.14 Å². The predicted octanol–water partition coefficient (Wildman–Crippen LogP) is 0.118. The van der Waals surface area contributed by atoms with Crippen LogP contribution in [0.5, 0.6) is 0 Å². The third-order valence-corrected chi connectivity index (χ3v) is 5.70. The molecule has 0 aliphatic carbocycles. The van der Waals surface area contributed by atoms with Crippen molar-refractivity contribution in [3.8, 4) is 0 Å². The third-order valence-electron chi connectivity index (χ3n) is 2.12. The number of carboxylic acids is 1. The van der Waals surface area contributed by atoms with E-state index in [1.807, 2.05) is 12.1 Å². The SMILES string of the molecule is O=C(O)c1ccccc1[I-]c1ccc(I)cc1. The fourth-order valence-corrected chi connectivity index (χ4v) is 4.17. The van der Waals surface area contributed by atoms with Gasteiger partial charge in [-0.25, -0.2) is 0 Å². The van der Waals surface area contributed by atoms with Crippen molar-refractivity contribution in [1.82, 2.24) is 0 Å². The molecule has 2 rings (SSSR count). The van der Waals surface area contributed by atoms with E-state index in [2.05, 4.69) is 46.9 Å². The van der Waals surface area contributed by atoms with Gasteiger partial charge in [-0.05, 0) is 0 Å². The number of hydrogen-bond acceptors (Lipinski definition) is 1. The zero-order valence-corrected chi connectivity index (χ0v) is 13.0. The summed E-state index contributed by atoms with van der Waals surface area (Å²) in [6.45, 7) is 0. The van der Waals surface area contributed by atoms with Gasteiger partial charge in [0.05, 0.1) is 0 Å². The van der Waals surface area contributed by atoms with Crippen molar-refractivity contribution in [2.24, 2.45) is 0 Å². The monoisotopic (exact) mass is 451 g/mol. The summed E-state index contributed by atoms with van der Waals surface area (Å²) in [4.78, 5) is 11.1. The van der Waals surface area contributed by atoms with Gasteiger partial charge in [0.15, 0.2) is 0 Å². The fourth-order valence-electron chi connectivity index (χ4n) is 1.33. The van der Waals surface area contributed by atoms with Crippen molar-refractivity contribution in [2.45, 2.75) is 0 Å². The van der Waals surface area contributed by atoms with Crippen LogP contribution in [0.25, 0.3) is 0 Å². The van der Waals surface area contributed by atoms with Gasteiger partial charge in [-0.2, -0.15) is 0 Å². The third kappa shape index (κ3) is 3.41. The van der Waals surface area contributed by atoms with Crippen LogP contribution in [0.2, 0.25) is 0 Å². The summed E-state index contributed by atoms with van der Waals surface area (Å²) in [6, 6.07) is 15.5. The van der Waals surface area contributed by atoms with Crippen LogP contribution >= 0.6 is 22.6 Å². The van der Waals surface area contributed by atoms with E-state index < -0.39 is 27.2 Å². The van der Waals surface area contributed by atoms with Gasteiger partial charge in [-0.3, -0.25) is 0 Å². The molecule has 0 amide bonds. The van der Waals surface area contributed by atoms with E-state index in [1.54, 1.807) is 12.1 Å². The van der Waals surface area contributed by atoms with Gasteiger partial charge in [0.25, 0.3) is 0 Å². The molecular formula is C13H9I2O2-. The van der Waals surface area contributed by atoms with Crippen molar-refractivity contribution in [1.29, 1.82) is 0 Å². The summed E-state index contributed by atoms with van der Waals surface area (Å²) < 4.78 is 3.39. The second kappa shape index (κ2) is 5.81. The normalized spacial score (nSPS) is 10.4. The summed E-state index contributed by atoms with van der Waals surface area (Å²) in [6.07, 6.45) is 0. The number of benzene rings is 2. The molecule has 0 spiro atoms. The van der Waals surface area contributed by atoms with Crippen LogP contribution in [-0.4, -0.2) is 11.1 Å².